The molecule has 8 aliphatic carbocycles. The first-order chi connectivity index (χ1) is 46.1. The summed E-state index contributed by atoms with van der Waals surface area (Å²) in [6.45, 7) is 58.3. The van der Waals surface area contributed by atoms with Crippen molar-refractivity contribution in [1.82, 2.24) is 0 Å². The zero-order chi connectivity index (χ0) is 74.8. The van der Waals surface area contributed by atoms with Crippen LogP contribution in [0, 0.1) is 154 Å². The Kier molecular flexibility index (Phi) is 49.8. The minimum absolute atomic E-state index is 0.0175. The Hall–Kier alpha value is -0.320. The molecular weight excluding hydrogens is 1210 g/mol. The van der Waals surface area contributed by atoms with Gasteiger partial charge in [0.05, 0.1) is 48.8 Å². The molecule has 0 amide bonds. The molecule has 588 valence electrons. The molecule has 0 radical (unpaired) electrons. The standard InChI is InChI=1S/2C12H24O.6C11H22O/c1-5-6-11-9(3)8(2)7-12(13)10(11)4;1-5-6-11-8(2)7-9(3)12(13)10(11)4;1-4-5-10-6-8(2)9(3)7-11(10)12;1-4-5-10-6-8(2)7-11(12)9(10)3;1-4-5-10-7-8(2)6-9(3)11(10)12;1-4-5-10-8(2)6-7-11(12)9(10)3;1-4-5-10-7-6-8(2)11(12)9(10)3;1-4-5-10-7-6-8(2)9(3)11(10)12/h2*8-13H,5-7H2,1-4H3;6*8-12H,4-7H2,1-3H3. The topological polar surface area (TPSA) is 162 Å². The van der Waals surface area contributed by atoms with Crippen LogP contribution >= 0.6 is 0 Å². The number of rotatable bonds is 16. The Labute approximate surface area is 613 Å². The van der Waals surface area contributed by atoms with Gasteiger partial charge in [0, 0.05) is 0 Å². The van der Waals surface area contributed by atoms with Crippen molar-refractivity contribution in [2.24, 2.45) is 154 Å². The smallest absolute Gasteiger partial charge is 0.0596 e. The van der Waals surface area contributed by atoms with Crippen LogP contribution in [-0.4, -0.2) is 89.7 Å². The van der Waals surface area contributed by atoms with Gasteiger partial charge in [-0.3, -0.25) is 0 Å². The van der Waals surface area contributed by atoms with Crippen LogP contribution in [0.2, 0.25) is 0 Å². The van der Waals surface area contributed by atoms with Crippen molar-refractivity contribution >= 4 is 0 Å². The lowest BCUT2D eigenvalue weighted by atomic mass is 9.66. The molecule has 8 rings (SSSR count). The predicted octanol–water partition coefficient (Wildman–Crippen LogP) is 23.1. The van der Waals surface area contributed by atoms with Crippen LogP contribution in [0.15, 0.2) is 0 Å². The number of hydrogen-bond acceptors (Lipinski definition) is 8. The third-order valence-electron chi connectivity index (χ3n) is 28.7. The summed E-state index contributed by atoms with van der Waals surface area (Å²) in [6.07, 6.45) is 36.2. The lowest BCUT2D eigenvalue weighted by Gasteiger charge is -2.42. The van der Waals surface area contributed by atoms with Gasteiger partial charge in [-0.15, -0.1) is 0 Å². The van der Waals surface area contributed by atoms with E-state index in [1.807, 2.05) is 0 Å². The molecule has 0 heterocycles. The van der Waals surface area contributed by atoms with Crippen molar-refractivity contribution in [3.8, 4) is 0 Å². The third kappa shape index (κ3) is 32.4. The minimum Gasteiger partial charge on any atom is -0.393 e. The Morgan fingerprint density at radius 2 is 0.592 bits per heavy atom. The van der Waals surface area contributed by atoms with Crippen LogP contribution in [-0.2, 0) is 0 Å². The molecule has 8 fully saturated rings. The molecule has 8 heteroatoms. The van der Waals surface area contributed by atoms with E-state index < -0.39 is 0 Å². The summed E-state index contributed by atoms with van der Waals surface area (Å²) in [4.78, 5) is 0. The molecular formula is C90H180O8. The van der Waals surface area contributed by atoms with E-state index in [0.29, 0.717) is 88.8 Å². The summed E-state index contributed by atoms with van der Waals surface area (Å²) in [6, 6.07) is 0. The molecule has 0 aliphatic heterocycles. The highest BCUT2D eigenvalue weighted by molar-refractivity contribution is 4.90. The predicted molar refractivity (Wildman–Crippen MR) is 425 cm³/mol. The summed E-state index contributed by atoms with van der Waals surface area (Å²) < 4.78 is 0. The van der Waals surface area contributed by atoms with E-state index in [-0.39, 0.29) is 48.8 Å². The van der Waals surface area contributed by atoms with Gasteiger partial charge in [0.15, 0.2) is 0 Å². The van der Waals surface area contributed by atoms with Crippen LogP contribution in [0.25, 0.3) is 0 Å². The van der Waals surface area contributed by atoms with Crippen LogP contribution in [0.1, 0.15) is 373 Å². The second-order valence-corrected chi connectivity index (χ2v) is 37.0. The van der Waals surface area contributed by atoms with E-state index in [1.165, 1.54) is 167 Å². The number of aliphatic hydroxyl groups is 8. The summed E-state index contributed by atoms with van der Waals surface area (Å²) >= 11 is 0. The second-order valence-electron chi connectivity index (χ2n) is 37.0. The van der Waals surface area contributed by atoms with Crippen molar-refractivity contribution in [2.45, 2.75) is 421 Å². The van der Waals surface area contributed by atoms with E-state index in [2.05, 4.69) is 180 Å². The average Bonchev–Trinajstić information content (AvgIpc) is 0.842. The van der Waals surface area contributed by atoms with Gasteiger partial charge < -0.3 is 40.9 Å². The summed E-state index contributed by atoms with van der Waals surface area (Å²) in [5.41, 5.74) is 0. The molecule has 0 aromatic carbocycles. The van der Waals surface area contributed by atoms with Crippen LogP contribution in [0.3, 0.4) is 0 Å². The number of hydrogen-bond donors (Lipinski definition) is 8. The maximum atomic E-state index is 9.96. The van der Waals surface area contributed by atoms with Gasteiger partial charge in [0.25, 0.3) is 0 Å². The first-order valence-electron chi connectivity index (χ1n) is 43.5. The van der Waals surface area contributed by atoms with Crippen LogP contribution < -0.4 is 0 Å². The van der Waals surface area contributed by atoms with Gasteiger partial charge in [-0.25, -0.2) is 0 Å². The Morgan fingerprint density at radius 3 is 1.15 bits per heavy atom. The molecule has 0 bridgehead atoms. The van der Waals surface area contributed by atoms with Crippen molar-refractivity contribution in [3.05, 3.63) is 0 Å². The zero-order valence-electron chi connectivity index (χ0n) is 70.4. The quantitative estimate of drug-likeness (QED) is 0.0758. The number of aliphatic hydroxyl groups excluding tert-OH is 8. The Morgan fingerprint density at radius 1 is 0.194 bits per heavy atom. The van der Waals surface area contributed by atoms with Crippen molar-refractivity contribution in [3.63, 3.8) is 0 Å². The highest BCUT2D eigenvalue weighted by Crippen LogP contribution is 2.44. The SMILES string of the molecule is CCCC1C(C)C(C)CC(O)C1C.CCCC1C(C)CC(C)C(O)C1C.CCCC1C(C)CCC(O)C1C.CCCC1CC(C)C(C)CC1O.CCCC1CC(C)CC(C)C1O.CCCC1CC(C)CC(O)C1C.CCCC1CCC(C)C(C)C1O.CCCC1CCC(C)C(O)C1C. The largest absolute Gasteiger partial charge is 0.393 e. The maximum absolute atomic E-state index is 9.96. The monoisotopic (exact) mass is 1390 g/mol. The molecule has 0 aromatic heterocycles. The van der Waals surface area contributed by atoms with Crippen molar-refractivity contribution < 1.29 is 40.9 Å². The minimum atomic E-state index is -0.0623. The Bertz CT molecular complexity index is 1820. The van der Waals surface area contributed by atoms with Gasteiger partial charge >= 0.3 is 0 Å². The van der Waals surface area contributed by atoms with E-state index >= 15 is 0 Å². The first kappa shape index (κ1) is 95.7. The average molecular weight is 1390 g/mol. The maximum Gasteiger partial charge on any atom is 0.0596 e. The van der Waals surface area contributed by atoms with Crippen LogP contribution in [0.4, 0.5) is 0 Å². The molecule has 34 atom stereocenters. The highest BCUT2D eigenvalue weighted by Gasteiger charge is 2.40. The molecule has 98 heavy (non-hydrogen) atoms. The van der Waals surface area contributed by atoms with Gasteiger partial charge in [0.1, 0.15) is 0 Å². The molecule has 8 aliphatic rings. The molecule has 8 saturated carbocycles. The second kappa shape index (κ2) is 51.0. The fourth-order valence-electron chi connectivity index (χ4n) is 20.9. The highest BCUT2D eigenvalue weighted by atomic mass is 16.3. The van der Waals surface area contributed by atoms with E-state index in [1.54, 1.807) is 0 Å². The van der Waals surface area contributed by atoms with Gasteiger partial charge in [0.2, 0.25) is 0 Å². The fourth-order valence-corrected chi connectivity index (χ4v) is 20.9. The fraction of sp³-hybridized carbons (Fsp3) is 1.00. The summed E-state index contributed by atoms with van der Waals surface area (Å²) in [5, 5.41) is 78.7. The molecule has 8 N–H and O–H groups in total. The summed E-state index contributed by atoms with van der Waals surface area (Å²) in [5.74, 6) is 17.1. The normalized spacial score (nSPS) is 43.9. The molecule has 8 nitrogen and oxygen atoms in total. The molecule has 34 unspecified atom stereocenters. The van der Waals surface area contributed by atoms with Crippen molar-refractivity contribution in [1.29, 1.82) is 0 Å². The van der Waals surface area contributed by atoms with E-state index in [0.717, 1.165) is 90.8 Å². The van der Waals surface area contributed by atoms with Gasteiger partial charge in [-0.2, -0.15) is 0 Å². The zero-order valence-corrected chi connectivity index (χ0v) is 70.4. The summed E-state index contributed by atoms with van der Waals surface area (Å²) in [7, 11) is 0. The Balaban J connectivity index is 0.000000560. The lowest BCUT2D eigenvalue weighted by molar-refractivity contribution is -0.0271. The van der Waals surface area contributed by atoms with E-state index in [4.69, 9.17) is 0 Å². The first-order valence-corrected chi connectivity index (χ1v) is 43.5. The lowest BCUT2D eigenvalue weighted by Crippen LogP contribution is -2.40. The third-order valence-corrected chi connectivity index (χ3v) is 28.7. The van der Waals surface area contributed by atoms with E-state index in [9.17, 15) is 40.9 Å². The van der Waals surface area contributed by atoms with Crippen LogP contribution in [0.5, 0.6) is 0 Å². The van der Waals surface area contributed by atoms with Crippen molar-refractivity contribution in [2.75, 3.05) is 0 Å². The molecule has 0 spiro atoms. The molecule has 0 saturated heterocycles. The molecule has 0 aromatic rings. The van der Waals surface area contributed by atoms with Gasteiger partial charge in [-0.1, -0.05) is 270 Å². The van der Waals surface area contributed by atoms with Gasteiger partial charge in [-0.05, 0) is 257 Å².